The van der Waals surface area contributed by atoms with Crippen LogP contribution in [0.15, 0.2) is 48.0 Å². The summed E-state index contributed by atoms with van der Waals surface area (Å²) >= 11 is 5.81. The molecule has 0 spiro atoms. The molecule has 2 aromatic rings. The van der Waals surface area contributed by atoms with Crippen molar-refractivity contribution in [3.63, 3.8) is 0 Å². The van der Waals surface area contributed by atoms with E-state index in [1.54, 1.807) is 36.6 Å². The molecule has 7 heteroatoms. The summed E-state index contributed by atoms with van der Waals surface area (Å²) < 4.78 is 10.7. The lowest BCUT2D eigenvalue weighted by Crippen LogP contribution is -2.11. The van der Waals surface area contributed by atoms with Crippen LogP contribution in [0.4, 0.5) is 5.69 Å². The van der Waals surface area contributed by atoms with Gasteiger partial charge >= 0.3 is 5.97 Å². The Balaban J connectivity index is 2.39. The molecule has 6 nitrogen and oxygen atoms in total. The molecule has 0 bridgehead atoms. The van der Waals surface area contributed by atoms with E-state index < -0.39 is 12.6 Å². The van der Waals surface area contributed by atoms with Crippen LogP contribution in [0.3, 0.4) is 0 Å². The van der Waals surface area contributed by atoms with Crippen molar-refractivity contribution >= 4 is 29.5 Å². The fourth-order valence-corrected chi connectivity index (χ4v) is 2.43. The van der Waals surface area contributed by atoms with Gasteiger partial charge < -0.3 is 19.7 Å². The van der Waals surface area contributed by atoms with Crippen LogP contribution in [-0.2, 0) is 11.2 Å². The van der Waals surface area contributed by atoms with Gasteiger partial charge in [-0.25, -0.2) is 4.79 Å². The maximum atomic E-state index is 10.8. The van der Waals surface area contributed by atoms with Gasteiger partial charge in [-0.05, 0) is 36.2 Å². The van der Waals surface area contributed by atoms with Crippen molar-refractivity contribution < 1.29 is 24.5 Å². The zero-order valence-electron chi connectivity index (χ0n) is 14.1. The van der Waals surface area contributed by atoms with Crippen LogP contribution in [0, 0.1) is 0 Å². The van der Waals surface area contributed by atoms with Crippen LogP contribution in [0.2, 0.25) is 5.02 Å². The van der Waals surface area contributed by atoms with E-state index >= 15 is 0 Å². The summed E-state index contributed by atoms with van der Waals surface area (Å²) in [5, 5.41) is 19.1. The molecule has 136 valence electrons. The highest BCUT2D eigenvalue weighted by atomic mass is 35.5. The Labute approximate surface area is 156 Å². The fraction of sp³-hybridized carbons (Fsp3) is 0.158. The molecular formula is C19H18ClNO5. The van der Waals surface area contributed by atoms with Crippen LogP contribution in [-0.4, -0.2) is 36.1 Å². The van der Waals surface area contributed by atoms with E-state index in [0.29, 0.717) is 39.8 Å². The molecule has 2 N–H and O–H groups in total. The predicted octanol–water partition coefficient (Wildman–Crippen LogP) is 4.00. The lowest BCUT2D eigenvalue weighted by atomic mass is 10.1. The summed E-state index contributed by atoms with van der Waals surface area (Å²) in [5.41, 5.74) is 1.77. The summed E-state index contributed by atoms with van der Waals surface area (Å²) in [6, 6.07) is 8.08. The highest BCUT2D eigenvalue weighted by Gasteiger charge is 2.13. The van der Waals surface area contributed by atoms with Gasteiger partial charge in [0, 0.05) is 22.9 Å². The maximum absolute atomic E-state index is 10.8. The maximum Gasteiger partial charge on any atom is 0.341 e. The van der Waals surface area contributed by atoms with Gasteiger partial charge in [0.2, 0.25) is 0 Å². The molecule has 0 fully saturated rings. The van der Waals surface area contributed by atoms with Crippen LogP contribution in [0.25, 0.3) is 0 Å². The van der Waals surface area contributed by atoms with E-state index in [1.165, 1.54) is 13.2 Å². The van der Waals surface area contributed by atoms with Crippen LogP contribution in [0.5, 0.6) is 17.2 Å². The lowest BCUT2D eigenvalue weighted by Gasteiger charge is -2.14. The van der Waals surface area contributed by atoms with Crippen molar-refractivity contribution in [1.82, 2.24) is 0 Å². The van der Waals surface area contributed by atoms with E-state index in [4.69, 9.17) is 26.2 Å². The number of nitrogens with zero attached hydrogens (tertiary/aromatic N) is 1. The Hall–Kier alpha value is -2.99. The first kappa shape index (κ1) is 19.3. The zero-order valence-corrected chi connectivity index (χ0v) is 14.9. The smallest absolute Gasteiger partial charge is 0.341 e. The van der Waals surface area contributed by atoms with Gasteiger partial charge in [-0.2, -0.15) is 0 Å². The average Bonchev–Trinajstić information content (AvgIpc) is 2.59. The average molecular weight is 376 g/mol. The number of ether oxygens (including phenoxy) is 2. The third kappa shape index (κ3) is 5.00. The topological polar surface area (TPSA) is 88.4 Å². The number of benzene rings is 2. The minimum Gasteiger partial charge on any atom is -0.506 e. The van der Waals surface area contributed by atoms with Crippen LogP contribution < -0.4 is 9.47 Å². The Morgan fingerprint density at radius 1 is 1.35 bits per heavy atom. The van der Waals surface area contributed by atoms with Crippen molar-refractivity contribution in [3.8, 4) is 17.2 Å². The van der Waals surface area contributed by atoms with Crippen LogP contribution >= 0.6 is 11.6 Å². The summed E-state index contributed by atoms with van der Waals surface area (Å²) in [4.78, 5) is 15.0. The van der Waals surface area contributed by atoms with Gasteiger partial charge in [0.1, 0.15) is 11.4 Å². The number of aliphatic carboxylic acids is 1. The number of carbonyl (C=O) groups is 1. The molecule has 2 rings (SSSR count). The van der Waals surface area contributed by atoms with Gasteiger partial charge in [0.05, 0.1) is 7.11 Å². The number of methoxy groups -OCH3 is 1. The number of aliphatic imine (C=N–C) groups is 1. The molecule has 0 aliphatic heterocycles. The molecule has 0 aromatic heterocycles. The predicted molar refractivity (Wildman–Crippen MR) is 100 cm³/mol. The Morgan fingerprint density at radius 2 is 2.12 bits per heavy atom. The molecule has 0 aliphatic rings. The number of halogens is 1. The zero-order chi connectivity index (χ0) is 19.1. The number of phenols is 1. The number of hydrogen-bond acceptors (Lipinski definition) is 5. The molecule has 2 aromatic carbocycles. The number of allylic oxidation sites excluding steroid dienone is 1. The van der Waals surface area contributed by atoms with E-state index in [9.17, 15) is 9.90 Å². The first-order valence-corrected chi connectivity index (χ1v) is 8.01. The molecule has 0 aliphatic carbocycles. The number of aromatic hydroxyl groups is 1. The normalized spacial score (nSPS) is 10.7. The second-order valence-corrected chi connectivity index (χ2v) is 5.71. The van der Waals surface area contributed by atoms with E-state index in [1.807, 2.05) is 0 Å². The van der Waals surface area contributed by atoms with Gasteiger partial charge in [0.25, 0.3) is 0 Å². The van der Waals surface area contributed by atoms with Gasteiger partial charge in [0.15, 0.2) is 18.1 Å². The first-order valence-electron chi connectivity index (χ1n) is 7.63. The van der Waals surface area contributed by atoms with Crippen molar-refractivity contribution in [2.45, 2.75) is 6.42 Å². The third-order valence-electron chi connectivity index (χ3n) is 3.37. The van der Waals surface area contributed by atoms with Crippen molar-refractivity contribution in [2.75, 3.05) is 13.7 Å². The summed E-state index contributed by atoms with van der Waals surface area (Å²) in [7, 11) is 1.46. The van der Waals surface area contributed by atoms with Crippen molar-refractivity contribution in [1.29, 1.82) is 0 Å². The molecule has 0 radical (unpaired) electrons. The molecule has 0 unspecified atom stereocenters. The monoisotopic (exact) mass is 375 g/mol. The number of hydrogen-bond donors (Lipinski definition) is 2. The summed E-state index contributed by atoms with van der Waals surface area (Å²) in [6.07, 6.45) is 3.69. The number of carboxylic acids is 1. The van der Waals surface area contributed by atoms with Gasteiger partial charge in [-0.3, -0.25) is 4.99 Å². The second-order valence-electron chi connectivity index (χ2n) is 5.28. The van der Waals surface area contributed by atoms with Gasteiger partial charge in [-0.1, -0.05) is 17.7 Å². The molecule has 0 heterocycles. The fourth-order valence-electron chi connectivity index (χ4n) is 2.26. The molecule has 0 saturated carbocycles. The molecule has 26 heavy (non-hydrogen) atoms. The lowest BCUT2D eigenvalue weighted by molar-refractivity contribution is -0.139. The van der Waals surface area contributed by atoms with E-state index in [0.717, 1.165) is 0 Å². The van der Waals surface area contributed by atoms with Crippen molar-refractivity contribution in [3.05, 3.63) is 59.1 Å². The Morgan fingerprint density at radius 3 is 2.73 bits per heavy atom. The molecule has 0 atom stereocenters. The standard InChI is InChI=1S/C19H18ClNO5/c1-3-4-13-7-12(8-17(25-2)19(13)26-11-18(23)24)10-21-15-6-5-14(20)9-16(15)22/h3,5-10,22H,1,4,11H2,2H3,(H,23,24). The minimum absolute atomic E-state index is 0.0339. The molecular weight excluding hydrogens is 358 g/mol. The van der Waals surface area contributed by atoms with Crippen LogP contribution in [0.1, 0.15) is 11.1 Å². The SMILES string of the molecule is C=CCc1cc(C=Nc2ccc(Cl)cc2O)cc(OC)c1OCC(=O)O. The first-order chi connectivity index (χ1) is 12.4. The largest absolute Gasteiger partial charge is 0.506 e. The Bertz CT molecular complexity index is 848. The highest BCUT2D eigenvalue weighted by molar-refractivity contribution is 6.30. The number of phenolic OH excluding ortho intramolecular Hbond substituents is 1. The third-order valence-corrected chi connectivity index (χ3v) is 3.60. The number of carboxylic acid groups (broad SMARTS) is 1. The summed E-state index contributed by atoms with van der Waals surface area (Å²) in [5.74, 6) is -0.387. The minimum atomic E-state index is -1.08. The van der Waals surface area contributed by atoms with E-state index in [-0.39, 0.29) is 5.75 Å². The quantitative estimate of drug-likeness (QED) is 0.538. The van der Waals surface area contributed by atoms with E-state index in [2.05, 4.69) is 11.6 Å². The second kappa shape index (κ2) is 8.92. The van der Waals surface area contributed by atoms with Gasteiger partial charge in [-0.15, -0.1) is 6.58 Å². The molecule has 0 amide bonds. The summed E-state index contributed by atoms with van der Waals surface area (Å²) in [6.45, 7) is 3.22. The molecule has 0 saturated heterocycles. The van der Waals surface area contributed by atoms with Crippen molar-refractivity contribution in [2.24, 2.45) is 4.99 Å². The number of rotatable bonds is 8. The highest BCUT2D eigenvalue weighted by Crippen LogP contribution is 2.34. The Kier molecular flexibility index (Phi) is 6.63.